The van der Waals surface area contributed by atoms with Crippen molar-refractivity contribution in [2.24, 2.45) is 23.7 Å². The average Bonchev–Trinajstić information content (AvgIpc) is 2.73. The number of rotatable bonds is 2. The quantitative estimate of drug-likeness (QED) is 0.671. The van der Waals surface area contributed by atoms with Gasteiger partial charge in [0.2, 0.25) is 11.6 Å². The van der Waals surface area contributed by atoms with E-state index in [1.165, 1.54) is 14.2 Å². The maximum atomic E-state index is 12.5. The fourth-order valence-electron chi connectivity index (χ4n) is 3.68. The van der Waals surface area contributed by atoms with Crippen molar-refractivity contribution in [2.45, 2.75) is 12.7 Å². The summed E-state index contributed by atoms with van der Waals surface area (Å²) < 4.78 is 15.7. The summed E-state index contributed by atoms with van der Waals surface area (Å²) in [6.07, 6.45) is 1.82. The molecule has 98 valence electrons. The molecule has 1 saturated heterocycles. The molecule has 18 heavy (non-hydrogen) atoms. The second kappa shape index (κ2) is 3.65. The van der Waals surface area contributed by atoms with E-state index in [9.17, 15) is 9.59 Å². The van der Waals surface area contributed by atoms with Gasteiger partial charge in [-0.25, -0.2) is 4.79 Å². The molecule has 0 aromatic heterocycles. The molecule has 5 heteroatoms. The lowest BCUT2D eigenvalue weighted by Crippen LogP contribution is -2.59. The summed E-state index contributed by atoms with van der Waals surface area (Å²) in [6.45, 7) is 2.50. The number of carbonyl (C=O) groups is 2. The van der Waals surface area contributed by atoms with Crippen LogP contribution in [0.1, 0.15) is 6.92 Å². The van der Waals surface area contributed by atoms with Crippen LogP contribution in [0.5, 0.6) is 0 Å². The molecule has 1 heterocycles. The van der Waals surface area contributed by atoms with E-state index >= 15 is 0 Å². The van der Waals surface area contributed by atoms with Crippen LogP contribution < -0.4 is 0 Å². The van der Waals surface area contributed by atoms with Gasteiger partial charge >= 0.3 is 5.97 Å². The molecule has 4 aliphatic rings. The average molecular weight is 252 g/mol. The molecule has 4 rings (SSSR count). The molecule has 5 atom stereocenters. The normalized spacial score (nSPS) is 45.1. The maximum Gasteiger partial charge on any atom is 0.334 e. The van der Waals surface area contributed by atoms with Crippen molar-refractivity contribution >= 4 is 11.8 Å². The molecule has 0 N–H and O–H groups in total. The smallest absolute Gasteiger partial charge is 0.334 e. The number of esters is 1. The predicted molar refractivity (Wildman–Crippen MR) is 60.4 cm³/mol. The van der Waals surface area contributed by atoms with E-state index in [4.69, 9.17) is 14.2 Å². The van der Waals surface area contributed by atoms with Gasteiger partial charge in [0.05, 0.1) is 19.6 Å². The van der Waals surface area contributed by atoms with Gasteiger partial charge < -0.3 is 14.2 Å². The highest BCUT2D eigenvalue weighted by molar-refractivity contribution is 6.03. The number of carbonyl (C=O) groups excluding carboxylic acids is 2. The second-order valence-electron chi connectivity index (χ2n) is 5.19. The molecular weight excluding hydrogens is 236 g/mol. The Hall–Kier alpha value is -1.20. The Bertz CT molecular complexity index is 454. The van der Waals surface area contributed by atoms with Crippen LogP contribution in [0.4, 0.5) is 0 Å². The lowest BCUT2D eigenvalue weighted by molar-refractivity contribution is -0.217. The van der Waals surface area contributed by atoms with E-state index in [-0.39, 0.29) is 23.5 Å². The first-order valence-corrected chi connectivity index (χ1v) is 6.10. The molecule has 0 aromatic rings. The molecule has 0 amide bonds. The maximum absolute atomic E-state index is 12.5. The lowest BCUT2D eigenvalue weighted by Gasteiger charge is -2.46. The van der Waals surface area contributed by atoms with Gasteiger partial charge in [0.1, 0.15) is 0 Å². The molecule has 0 spiro atoms. The Morgan fingerprint density at radius 3 is 2.83 bits per heavy atom. The summed E-state index contributed by atoms with van der Waals surface area (Å²) in [6, 6.07) is 0. The van der Waals surface area contributed by atoms with Crippen molar-refractivity contribution < 1.29 is 23.8 Å². The number of Topliss-reactive ketones (excluding diaryl/α,β-unsaturated/α-hetero) is 1. The van der Waals surface area contributed by atoms with Crippen LogP contribution in [0.3, 0.4) is 0 Å². The van der Waals surface area contributed by atoms with Crippen molar-refractivity contribution in [1.29, 1.82) is 0 Å². The molecule has 1 saturated carbocycles. The molecule has 2 fully saturated rings. The van der Waals surface area contributed by atoms with Crippen molar-refractivity contribution in [3.8, 4) is 0 Å². The van der Waals surface area contributed by atoms with Gasteiger partial charge in [-0.05, 0) is 11.8 Å². The Morgan fingerprint density at radius 1 is 1.50 bits per heavy atom. The first-order chi connectivity index (χ1) is 8.56. The van der Waals surface area contributed by atoms with E-state index < -0.39 is 17.7 Å². The molecule has 5 nitrogen and oxygen atoms in total. The van der Waals surface area contributed by atoms with Gasteiger partial charge in [-0.2, -0.15) is 0 Å². The van der Waals surface area contributed by atoms with Crippen LogP contribution in [0.2, 0.25) is 0 Å². The van der Waals surface area contributed by atoms with E-state index in [1.807, 2.05) is 13.0 Å². The van der Waals surface area contributed by atoms with Gasteiger partial charge in [0.15, 0.2) is 0 Å². The fourth-order valence-corrected chi connectivity index (χ4v) is 3.68. The molecule has 0 aromatic carbocycles. The Kier molecular flexibility index (Phi) is 2.40. The lowest BCUT2D eigenvalue weighted by atomic mass is 9.58. The highest BCUT2D eigenvalue weighted by atomic mass is 16.7. The molecule has 3 aliphatic carbocycles. The van der Waals surface area contributed by atoms with E-state index in [1.54, 1.807) is 0 Å². The third kappa shape index (κ3) is 1.14. The summed E-state index contributed by atoms with van der Waals surface area (Å²) in [4.78, 5) is 24.3. The van der Waals surface area contributed by atoms with Crippen LogP contribution in [-0.2, 0) is 23.8 Å². The minimum atomic E-state index is -1.17. The van der Waals surface area contributed by atoms with Crippen molar-refractivity contribution in [1.82, 2.24) is 0 Å². The van der Waals surface area contributed by atoms with Crippen molar-refractivity contribution in [3.63, 3.8) is 0 Å². The topological polar surface area (TPSA) is 61.8 Å². The highest BCUT2D eigenvalue weighted by Crippen LogP contribution is 2.56. The molecule has 0 radical (unpaired) electrons. The van der Waals surface area contributed by atoms with Gasteiger partial charge in [-0.15, -0.1) is 0 Å². The van der Waals surface area contributed by atoms with Crippen LogP contribution in [0.25, 0.3) is 0 Å². The van der Waals surface area contributed by atoms with Gasteiger partial charge in [0, 0.05) is 18.6 Å². The number of hydrogen-bond donors (Lipinski definition) is 0. The standard InChI is InChI=1S/C13H16O5/c1-6-8-5-18-13(17-3)9(8)4-7(12(15)16-2)10(6)11(13)14/h4,6,8-10H,5H2,1-3H3. The zero-order valence-corrected chi connectivity index (χ0v) is 10.6. The van der Waals surface area contributed by atoms with Crippen LogP contribution in [-0.4, -0.2) is 38.4 Å². The van der Waals surface area contributed by atoms with Crippen LogP contribution >= 0.6 is 0 Å². The van der Waals surface area contributed by atoms with Gasteiger partial charge in [-0.1, -0.05) is 13.0 Å². The largest absolute Gasteiger partial charge is 0.466 e. The molecule has 4 bridgehead atoms. The minimum absolute atomic E-state index is 0.0902. The summed E-state index contributed by atoms with van der Waals surface area (Å²) in [5, 5.41) is 0. The molecule has 5 unspecified atom stereocenters. The minimum Gasteiger partial charge on any atom is -0.466 e. The zero-order chi connectivity index (χ0) is 13.1. The molecule has 1 aliphatic heterocycles. The number of ketones is 1. The second-order valence-corrected chi connectivity index (χ2v) is 5.19. The SMILES string of the molecule is COC(=O)C1=CC2C3COC2(OC)C(=O)C1C3C. The first kappa shape index (κ1) is 11.9. The summed E-state index contributed by atoms with van der Waals surface area (Å²) >= 11 is 0. The van der Waals surface area contributed by atoms with Gasteiger partial charge in [0.25, 0.3) is 0 Å². The predicted octanol–water partition coefficient (Wildman–Crippen LogP) is 0.540. The molecular formula is C13H16O5. The van der Waals surface area contributed by atoms with Gasteiger partial charge in [-0.3, -0.25) is 4.79 Å². The number of ether oxygens (including phenoxy) is 3. The number of hydrogen-bond acceptors (Lipinski definition) is 5. The number of methoxy groups -OCH3 is 2. The van der Waals surface area contributed by atoms with Crippen molar-refractivity contribution in [3.05, 3.63) is 11.6 Å². The zero-order valence-electron chi connectivity index (χ0n) is 10.6. The summed E-state index contributed by atoms with van der Waals surface area (Å²) in [7, 11) is 2.81. The van der Waals surface area contributed by atoms with Crippen molar-refractivity contribution in [2.75, 3.05) is 20.8 Å². The monoisotopic (exact) mass is 252 g/mol. The van der Waals surface area contributed by atoms with E-state index in [0.717, 1.165) is 0 Å². The van der Waals surface area contributed by atoms with Crippen LogP contribution in [0, 0.1) is 23.7 Å². The summed E-state index contributed by atoms with van der Waals surface area (Å²) in [5.74, 6) is -2.04. The third-order valence-corrected chi connectivity index (χ3v) is 4.64. The third-order valence-electron chi connectivity index (χ3n) is 4.64. The summed E-state index contributed by atoms with van der Waals surface area (Å²) in [5.41, 5.74) is 0.467. The Balaban J connectivity index is 2.12. The Morgan fingerprint density at radius 2 is 2.22 bits per heavy atom. The Labute approximate surface area is 105 Å². The first-order valence-electron chi connectivity index (χ1n) is 6.10. The van der Waals surface area contributed by atoms with E-state index in [0.29, 0.717) is 12.2 Å². The van der Waals surface area contributed by atoms with E-state index in [2.05, 4.69) is 0 Å². The van der Waals surface area contributed by atoms with Crippen LogP contribution in [0.15, 0.2) is 11.6 Å². The highest BCUT2D eigenvalue weighted by Gasteiger charge is 2.67. The fraction of sp³-hybridized carbons (Fsp3) is 0.692.